The van der Waals surface area contributed by atoms with Crippen molar-refractivity contribution in [2.45, 2.75) is 39.2 Å². The van der Waals surface area contributed by atoms with Gasteiger partial charge in [0.15, 0.2) is 0 Å². The van der Waals surface area contributed by atoms with Crippen molar-refractivity contribution in [1.29, 1.82) is 0 Å². The number of carbonyl (C=O) groups is 1. The van der Waals surface area contributed by atoms with Crippen molar-refractivity contribution < 1.29 is 4.79 Å². The summed E-state index contributed by atoms with van der Waals surface area (Å²) in [6.45, 7) is 6.21. The Balaban J connectivity index is 2.40. The minimum Gasteiger partial charge on any atom is -0.354 e. The van der Waals surface area contributed by atoms with Crippen molar-refractivity contribution in [3.8, 4) is 0 Å². The van der Waals surface area contributed by atoms with Crippen molar-refractivity contribution in [2.75, 3.05) is 6.54 Å². The molecule has 0 fully saturated rings. The molecular formula is C14H21ClN2O. The Morgan fingerprint density at radius 2 is 2.11 bits per heavy atom. The number of nitrogens with two attached hydrogens (primary N) is 1. The van der Waals surface area contributed by atoms with Gasteiger partial charge in [0.1, 0.15) is 0 Å². The Morgan fingerprint density at radius 3 is 2.67 bits per heavy atom. The predicted molar refractivity (Wildman–Crippen MR) is 75.8 cm³/mol. The fourth-order valence-corrected chi connectivity index (χ4v) is 1.67. The minimum absolute atomic E-state index is 0.0187. The summed E-state index contributed by atoms with van der Waals surface area (Å²) < 4.78 is 0. The van der Waals surface area contributed by atoms with E-state index in [-0.39, 0.29) is 11.4 Å². The molecule has 100 valence electrons. The zero-order chi connectivity index (χ0) is 13.8. The first-order valence-corrected chi connectivity index (χ1v) is 6.46. The van der Waals surface area contributed by atoms with Crippen LogP contribution in [0.25, 0.3) is 0 Å². The van der Waals surface area contributed by atoms with Crippen LogP contribution < -0.4 is 11.1 Å². The first-order valence-electron chi connectivity index (χ1n) is 6.08. The highest BCUT2D eigenvalue weighted by molar-refractivity contribution is 6.31. The summed E-state index contributed by atoms with van der Waals surface area (Å²) in [5, 5.41) is 3.57. The van der Waals surface area contributed by atoms with Gasteiger partial charge in [0.05, 0.1) is 0 Å². The van der Waals surface area contributed by atoms with Gasteiger partial charge in [-0.15, -0.1) is 0 Å². The molecule has 1 aromatic carbocycles. The van der Waals surface area contributed by atoms with Crippen LogP contribution in [0.3, 0.4) is 0 Å². The number of nitrogens with one attached hydrogen (secondary N) is 1. The Bertz CT molecular complexity index is 424. The maximum atomic E-state index is 11.6. The first kappa shape index (κ1) is 15.0. The van der Waals surface area contributed by atoms with Crippen molar-refractivity contribution in [1.82, 2.24) is 5.32 Å². The summed E-state index contributed by atoms with van der Waals surface area (Å²) in [6.07, 6.45) is 1.15. The van der Waals surface area contributed by atoms with Gasteiger partial charge in [0.25, 0.3) is 0 Å². The summed E-state index contributed by atoms with van der Waals surface area (Å²) in [5.74, 6) is 0.0187. The quantitative estimate of drug-likeness (QED) is 0.862. The number of amides is 1. The van der Waals surface area contributed by atoms with Crippen molar-refractivity contribution in [2.24, 2.45) is 5.73 Å². The van der Waals surface area contributed by atoms with Gasteiger partial charge in [-0.1, -0.05) is 23.7 Å². The molecule has 0 saturated heterocycles. The van der Waals surface area contributed by atoms with E-state index in [1.165, 1.54) is 0 Å². The van der Waals surface area contributed by atoms with Crippen LogP contribution in [-0.2, 0) is 11.2 Å². The molecule has 0 saturated carbocycles. The van der Waals surface area contributed by atoms with Crippen LogP contribution in [0.1, 0.15) is 31.4 Å². The number of halogens is 1. The molecule has 3 nitrogen and oxygen atoms in total. The molecular weight excluding hydrogens is 248 g/mol. The molecule has 1 aromatic rings. The van der Waals surface area contributed by atoms with Gasteiger partial charge in [-0.05, 0) is 44.4 Å². The third kappa shape index (κ3) is 5.52. The Hall–Kier alpha value is -1.06. The number of rotatable bonds is 5. The molecule has 0 heterocycles. The largest absolute Gasteiger partial charge is 0.354 e. The second kappa shape index (κ2) is 6.21. The number of carbonyl (C=O) groups excluding carboxylic acids is 1. The van der Waals surface area contributed by atoms with E-state index in [4.69, 9.17) is 17.3 Å². The van der Waals surface area contributed by atoms with E-state index in [1.54, 1.807) is 0 Å². The van der Waals surface area contributed by atoms with Crippen LogP contribution in [0, 0.1) is 6.92 Å². The Morgan fingerprint density at radius 1 is 1.44 bits per heavy atom. The first-order chi connectivity index (χ1) is 8.28. The zero-order valence-electron chi connectivity index (χ0n) is 11.2. The van der Waals surface area contributed by atoms with E-state index in [0.717, 1.165) is 16.1 Å². The van der Waals surface area contributed by atoms with Crippen molar-refractivity contribution in [3.63, 3.8) is 0 Å². The molecule has 1 rings (SSSR count). The zero-order valence-corrected chi connectivity index (χ0v) is 12.0. The smallest absolute Gasteiger partial charge is 0.220 e. The molecule has 0 bridgehead atoms. The monoisotopic (exact) mass is 268 g/mol. The fourth-order valence-electron chi connectivity index (χ4n) is 1.46. The van der Waals surface area contributed by atoms with Gasteiger partial charge in [-0.3, -0.25) is 4.79 Å². The minimum atomic E-state index is -0.372. The second-order valence-electron chi connectivity index (χ2n) is 5.35. The van der Waals surface area contributed by atoms with E-state index in [1.807, 2.05) is 39.0 Å². The molecule has 0 aliphatic carbocycles. The van der Waals surface area contributed by atoms with Crippen LogP contribution in [0.2, 0.25) is 5.02 Å². The second-order valence-corrected chi connectivity index (χ2v) is 5.76. The van der Waals surface area contributed by atoms with Crippen molar-refractivity contribution >= 4 is 17.5 Å². The third-order valence-corrected chi connectivity index (χ3v) is 3.03. The fraction of sp³-hybridized carbons (Fsp3) is 0.500. The highest BCUT2D eigenvalue weighted by Crippen LogP contribution is 2.17. The topological polar surface area (TPSA) is 55.1 Å². The average Bonchev–Trinajstić information content (AvgIpc) is 2.27. The number of hydrogen-bond acceptors (Lipinski definition) is 2. The van der Waals surface area contributed by atoms with Gasteiger partial charge in [-0.2, -0.15) is 0 Å². The molecule has 0 radical (unpaired) electrons. The van der Waals surface area contributed by atoms with Crippen LogP contribution in [0.15, 0.2) is 18.2 Å². The third-order valence-electron chi connectivity index (χ3n) is 2.62. The summed E-state index contributed by atoms with van der Waals surface area (Å²) in [5.41, 5.74) is 7.55. The van der Waals surface area contributed by atoms with Crippen LogP contribution in [0.4, 0.5) is 0 Å². The maximum Gasteiger partial charge on any atom is 0.220 e. The van der Waals surface area contributed by atoms with E-state index in [0.29, 0.717) is 19.4 Å². The molecule has 0 atom stereocenters. The molecule has 4 heteroatoms. The summed E-state index contributed by atoms with van der Waals surface area (Å²) in [6, 6.07) is 5.89. The van der Waals surface area contributed by atoms with Gasteiger partial charge in [0, 0.05) is 23.5 Å². The normalized spacial score (nSPS) is 11.4. The SMILES string of the molecule is Cc1ccc(CCC(=O)NCC(C)(C)N)cc1Cl. The van der Waals surface area contributed by atoms with Crippen molar-refractivity contribution in [3.05, 3.63) is 34.3 Å². The Kier molecular flexibility index (Phi) is 5.17. The van der Waals surface area contributed by atoms with Crippen LogP contribution in [0.5, 0.6) is 0 Å². The molecule has 0 aromatic heterocycles. The lowest BCUT2D eigenvalue weighted by Gasteiger charge is -2.18. The van der Waals surface area contributed by atoms with Gasteiger partial charge < -0.3 is 11.1 Å². The van der Waals surface area contributed by atoms with Gasteiger partial charge >= 0.3 is 0 Å². The summed E-state index contributed by atoms with van der Waals surface area (Å²) >= 11 is 6.03. The van der Waals surface area contributed by atoms with Gasteiger partial charge in [0.2, 0.25) is 5.91 Å². The van der Waals surface area contributed by atoms with Crippen LogP contribution >= 0.6 is 11.6 Å². The van der Waals surface area contributed by atoms with E-state index < -0.39 is 0 Å². The predicted octanol–water partition coefficient (Wildman–Crippen LogP) is 2.43. The van der Waals surface area contributed by atoms with Gasteiger partial charge in [-0.25, -0.2) is 0 Å². The standard InChI is InChI=1S/C14H21ClN2O/c1-10-4-5-11(8-12(10)15)6-7-13(18)17-9-14(2,3)16/h4-5,8H,6-7,9,16H2,1-3H3,(H,17,18). The van der Waals surface area contributed by atoms with E-state index in [2.05, 4.69) is 5.32 Å². The summed E-state index contributed by atoms with van der Waals surface area (Å²) in [4.78, 5) is 11.6. The molecule has 0 spiro atoms. The number of benzene rings is 1. The van der Waals surface area contributed by atoms with E-state index >= 15 is 0 Å². The molecule has 0 aliphatic rings. The number of hydrogen-bond donors (Lipinski definition) is 2. The Labute approximate surface area is 114 Å². The lowest BCUT2D eigenvalue weighted by molar-refractivity contribution is -0.121. The average molecular weight is 269 g/mol. The molecule has 1 amide bonds. The molecule has 18 heavy (non-hydrogen) atoms. The summed E-state index contributed by atoms with van der Waals surface area (Å²) in [7, 11) is 0. The molecule has 0 aliphatic heterocycles. The van der Waals surface area contributed by atoms with Crippen LogP contribution in [-0.4, -0.2) is 18.0 Å². The molecule has 3 N–H and O–H groups in total. The lowest BCUT2D eigenvalue weighted by atomic mass is 10.1. The lowest BCUT2D eigenvalue weighted by Crippen LogP contribution is -2.45. The highest BCUT2D eigenvalue weighted by atomic mass is 35.5. The highest BCUT2D eigenvalue weighted by Gasteiger charge is 2.12. The number of aryl methyl sites for hydroxylation is 2. The maximum absolute atomic E-state index is 11.6. The molecule has 0 unspecified atom stereocenters. The van der Waals surface area contributed by atoms with E-state index in [9.17, 15) is 4.79 Å².